The molecule has 2 aliphatic carbocycles. The van der Waals surface area contributed by atoms with Gasteiger partial charge in [-0.1, -0.05) is 12.5 Å². The Morgan fingerprint density at radius 1 is 1.21 bits per heavy atom. The highest BCUT2D eigenvalue weighted by molar-refractivity contribution is 5.62. The quantitative estimate of drug-likeness (QED) is 0.723. The van der Waals surface area contributed by atoms with Crippen molar-refractivity contribution in [1.82, 2.24) is 9.78 Å². The van der Waals surface area contributed by atoms with Crippen molar-refractivity contribution < 1.29 is 22.7 Å². The first-order valence-corrected chi connectivity index (χ1v) is 9.44. The molecule has 150 valence electrons. The molecule has 0 bridgehead atoms. The number of nitrogens with zero attached hydrogens (tertiary/aromatic N) is 2. The number of halogens is 4. The first kappa shape index (κ1) is 19.2. The fourth-order valence-corrected chi connectivity index (χ4v) is 4.70. The summed E-state index contributed by atoms with van der Waals surface area (Å²) in [5, 5.41) is 15.7. The van der Waals surface area contributed by atoms with E-state index in [1.165, 1.54) is 12.1 Å². The maximum Gasteiger partial charge on any atom is 0.389 e. The average molecular weight is 394 g/mol. The Morgan fingerprint density at radius 2 is 1.93 bits per heavy atom. The zero-order valence-corrected chi connectivity index (χ0v) is 15.6. The third-order valence-corrected chi connectivity index (χ3v) is 6.41. The van der Waals surface area contributed by atoms with E-state index in [1.54, 1.807) is 23.0 Å². The van der Waals surface area contributed by atoms with E-state index in [1.807, 2.05) is 13.0 Å². The second-order valence-corrected chi connectivity index (χ2v) is 8.12. The average Bonchev–Trinajstić information content (AvgIpc) is 3.11. The van der Waals surface area contributed by atoms with E-state index in [0.717, 1.165) is 22.5 Å². The van der Waals surface area contributed by atoms with Gasteiger partial charge in [0.2, 0.25) is 0 Å². The second kappa shape index (κ2) is 6.44. The lowest BCUT2D eigenvalue weighted by atomic mass is 9.66. The van der Waals surface area contributed by atoms with E-state index in [2.05, 4.69) is 5.10 Å². The van der Waals surface area contributed by atoms with Crippen LogP contribution in [0.25, 0.3) is 11.8 Å². The first-order chi connectivity index (χ1) is 13.1. The van der Waals surface area contributed by atoms with E-state index in [4.69, 9.17) is 0 Å². The van der Waals surface area contributed by atoms with Crippen LogP contribution in [0.4, 0.5) is 17.6 Å². The van der Waals surface area contributed by atoms with Crippen LogP contribution >= 0.6 is 0 Å². The number of aromatic nitrogens is 2. The van der Waals surface area contributed by atoms with E-state index < -0.39 is 23.6 Å². The Balaban J connectivity index is 1.62. The van der Waals surface area contributed by atoms with E-state index in [9.17, 15) is 22.7 Å². The summed E-state index contributed by atoms with van der Waals surface area (Å²) in [4.78, 5) is 0. The molecule has 1 fully saturated rings. The van der Waals surface area contributed by atoms with E-state index in [-0.39, 0.29) is 18.7 Å². The summed E-state index contributed by atoms with van der Waals surface area (Å²) in [5.41, 5.74) is 1.85. The van der Waals surface area contributed by atoms with Crippen molar-refractivity contribution in [2.24, 2.45) is 5.41 Å². The molecule has 0 unspecified atom stereocenters. The Bertz CT molecular complexity index is 915. The number of hydrogen-bond acceptors (Lipinski definition) is 2. The molecule has 1 saturated carbocycles. The molecule has 2 aromatic rings. The molecule has 1 heterocycles. The van der Waals surface area contributed by atoms with Gasteiger partial charge in [0.05, 0.1) is 23.2 Å². The molecule has 2 aliphatic rings. The van der Waals surface area contributed by atoms with Gasteiger partial charge in [0.25, 0.3) is 0 Å². The number of aliphatic hydroxyl groups is 1. The lowest BCUT2D eigenvalue weighted by Gasteiger charge is -2.42. The van der Waals surface area contributed by atoms with Gasteiger partial charge in [0.1, 0.15) is 5.82 Å². The van der Waals surface area contributed by atoms with Gasteiger partial charge in [-0.15, -0.1) is 0 Å². The predicted molar refractivity (Wildman–Crippen MR) is 97.4 cm³/mol. The molecule has 28 heavy (non-hydrogen) atoms. The molecule has 0 spiro atoms. The van der Waals surface area contributed by atoms with Crippen molar-refractivity contribution in [3.63, 3.8) is 0 Å². The van der Waals surface area contributed by atoms with Crippen LogP contribution in [-0.2, 0) is 6.42 Å². The summed E-state index contributed by atoms with van der Waals surface area (Å²) in [7, 11) is 0. The van der Waals surface area contributed by atoms with Crippen LogP contribution in [-0.4, -0.2) is 26.7 Å². The minimum Gasteiger partial charge on any atom is -0.389 e. The van der Waals surface area contributed by atoms with Crippen LogP contribution in [0.15, 0.2) is 36.0 Å². The fourth-order valence-electron chi connectivity index (χ4n) is 4.70. The third kappa shape index (κ3) is 3.15. The molecule has 2 atom stereocenters. The highest BCUT2D eigenvalue weighted by Gasteiger charge is 2.55. The minimum absolute atomic E-state index is 0.0788. The van der Waals surface area contributed by atoms with Gasteiger partial charge in [-0.25, -0.2) is 9.07 Å². The predicted octanol–water partition coefficient (Wildman–Crippen LogP) is 5.21. The van der Waals surface area contributed by atoms with E-state index in [0.29, 0.717) is 19.3 Å². The molecule has 4 rings (SSSR count). The number of benzene rings is 1. The van der Waals surface area contributed by atoms with Crippen molar-refractivity contribution >= 4 is 6.08 Å². The van der Waals surface area contributed by atoms with Gasteiger partial charge in [-0.05, 0) is 68.0 Å². The standard InChI is InChI=1S/C21H22F4N2O/c1-19-12-14-13-26-27(17-5-3-16(22)4-6-17)18(14)11-15(19)7-10-20(19,28)8-2-9-21(23,24)25/h3-6,11,13,28H,2,7-10,12H2,1H3/t19-,20-/m0/s1. The molecule has 7 heteroatoms. The second-order valence-electron chi connectivity index (χ2n) is 8.12. The number of fused-ring (bicyclic) bond motifs is 2. The van der Waals surface area contributed by atoms with Gasteiger partial charge in [-0.2, -0.15) is 18.3 Å². The summed E-state index contributed by atoms with van der Waals surface area (Å²) in [5.74, 6) is -0.324. The smallest absolute Gasteiger partial charge is 0.389 e. The largest absolute Gasteiger partial charge is 0.389 e. The Labute approximate surface area is 160 Å². The molecule has 1 aromatic heterocycles. The number of alkyl halides is 3. The zero-order valence-electron chi connectivity index (χ0n) is 15.6. The number of hydrogen-bond donors (Lipinski definition) is 1. The Kier molecular flexibility index (Phi) is 4.41. The summed E-state index contributed by atoms with van der Waals surface area (Å²) in [6.45, 7) is 1.94. The maximum atomic E-state index is 13.2. The Hall–Kier alpha value is -2.15. The normalized spacial score (nSPS) is 26.7. The lowest BCUT2D eigenvalue weighted by Crippen LogP contribution is -2.45. The summed E-state index contributed by atoms with van der Waals surface area (Å²) in [6.07, 6.45) is 0.323. The molecule has 0 aliphatic heterocycles. The molecule has 1 aromatic carbocycles. The van der Waals surface area contributed by atoms with Crippen LogP contribution in [0.1, 0.15) is 50.3 Å². The highest BCUT2D eigenvalue weighted by Crippen LogP contribution is 2.57. The molecule has 0 amide bonds. The molecule has 1 N–H and O–H groups in total. The molecule has 0 radical (unpaired) electrons. The van der Waals surface area contributed by atoms with Crippen molar-refractivity contribution in [3.8, 4) is 5.69 Å². The van der Waals surface area contributed by atoms with Crippen molar-refractivity contribution in [3.05, 3.63) is 53.1 Å². The van der Waals surface area contributed by atoms with Gasteiger partial charge in [-0.3, -0.25) is 0 Å². The third-order valence-electron chi connectivity index (χ3n) is 6.41. The minimum atomic E-state index is -4.20. The van der Waals surface area contributed by atoms with Gasteiger partial charge >= 0.3 is 6.18 Å². The monoisotopic (exact) mass is 394 g/mol. The SMILES string of the molecule is C[C@]12Cc3cnn(-c4ccc(F)cc4)c3C=C1CC[C@@]2(O)CCCC(F)(F)F. The van der Waals surface area contributed by atoms with Gasteiger partial charge in [0, 0.05) is 11.8 Å². The van der Waals surface area contributed by atoms with Crippen LogP contribution < -0.4 is 0 Å². The topological polar surface area (TPSA) is 38.0 Å². The first-order valence-electron chi connectivity index (χ1n) is 9.44. The molecular formula is C21H22F4N2O. The van der Waals surface area contributed by atoms with Crippen LogP contribution in [0, 0.1) is 11.2 Å². The number of rotatable bonds is 4. The molecular weight excluding hydrogens is 372 g/mol. The van der Waals surface area contributed by atoms with Gasteiger partial charge in [0.15, 0.2) is 0 Å². The fraction of sp³-hybridized carbons (Fsp3) is 0.476. The van der Waals surface area contributed by atoms with Gasteiger partial charge < -0.3 is 5.11 Å². The van der Waals surface area contributed by atoms with Crippen molar-refractivity contribution in [2.45, 2.75) is 57.2 Å². The van der Waals surface area contributed by atoms with Crippen LogP contribution in [0.5, 0.6) is 0 Å². The highest BCUT2D eigenvalue weighted by atomic mass is 19.4. The van der Waals surface area contributed by atoms with E-state index >= 15 is 0 Å². The lowest BCUT2D eigenvalue weighted by molar-refractivity contribution is -0.140. The maximum absolute atomic E-state index is 13.2. The van der Waals surface area contributed by atoms with Crippen LogP contribution in [0.2, 0.25) is 0 Å². The van der Waals surface area contributed by atoms with Crippen LogP contribution in [0.3, 0.4) is 0 Å². The summed E-state index contributed by atoms with van der Waals surface area (Å²) in [6, 6.07) is 6.05. The summed E-state index contributed by atoms with van der Waals surface area (Å²) < 4.78 is 52.6. The molecule has 3 nitrogen and oxygen atoms in total. The Morgan fingerprint density at radius 3 is 2.61 bits per heavy atom. The summed E-state index contributed by atoms with van der Waals surface area (Å²) >= 11 is 0. The van der Waals surface area contributed by atoms with Crippen molar-refractivity contribution in [2.75, 3.05) is 0 Å². The molecule has 0 saturated heterocycles. The van der Waals surface area contributed by atoms with Crippen molar-refractivity contribution in [1.29, 1.82) is 0 Å². The zero-order chi connectivity index (χ0) is 20.2.